The lowest BCUT2D eigenvalue weighted by Crippen LogP contribution is -1.87. The number of hydrogen-bond donors (Lipinski definition) is 0. The Hall–Kier alpha value is 0.700. The molecule has 0 aromatic rings. The molecule has 0 bridgehead atoms. The fourth-order valence-electron chi connectivity index (χ4n) is 0.926. The van der Waals surface area contributed by atoms with Crippen molar-refractivity contribution in [3.63, 3.8) is 0 Å². The smallest absolute Gasteiger partial charge is 0.0624 e. The van der Waals surface area contributed by atoms with Crippen LogP contribution in [0.2, 0.25) is 0 Å². The van der Waals surface area contributed by atoms with E-state index in [1.54, 1.807) is 0 Å². The van der Waals surface area contributed by atoms with Gasteiger partial charge in [-0.05, 0) is 12.2 Å². The van der Waals surface area contributed by atoms with Crippen LogP contribution in [0.15, 0.2) is 0 Å². The van der Waals surface area contributed by atoms with Crippen molar-refractivity contribution in [3.05, 3.63) is 0 Å². The Balaban J connectivity index is 1.96. The zero-order valence-corrected chi connectivity index (χ0v) is 7.73. The SMILES string of the molecule is CCCC1SC1SCC. The van der Waals surface area contributed by atoms with Gasteiger partial charge in [0, 0.05) is 5.25 Å². The second kappa shape index (κ2) is 3.77. The molecule has 2 unspecified atom stereocenters. The normalized spacial score (nSPS) is 32.7. The minimum atomic E-state index is 0.968. The van der Waals surface area contributed by atoms with Crippen LogP contribution in [0.4, 0.5) is 0 Å². The van der Waals surface area contributed by atoms with Crippen molar-refractivity contribution in [2.24, 2.45) is 0 Å². The maximum Gasteiger partial charge on any atom is 0.0624 e. The minimum Gasteiger partial charge on any atom is -0.147 e. The third-order valence-electron chi connectivity index (χ3n) is 1.44. The van der Waals surface area contributed by atoms with Crippen LogP contribution in [0.5, 0.6) is 0 Å². The summed E-state index contributed by atoms with van der Waals surface area (Å²) in [4.78, 5) is 0. The summed E-state index contributed by atoms with van der Waals surface area (Å²) in [6.45, 7) is 4.51. The van der Waals surface area contributed by atoms with Crippen LogP contribution in [0.3, 0.4) is 0 Å². The van der Waals surface area contributed by atoms with E-state index in [0.717, 1.165) is 9.83 Å². The Morgan fingerprint density at radius 2 is 2.22 bits per heavy atom. The first-order valence-electron chi connectivity index (χ1n) is 3.65. The van der Waals surface area contributed by atoms with E-state index in [1.807, 2.05) is 0 Å². The maximum absolute atomic E-state index is 2.27. The van der Waals surface area contributed by atoms with E-state index in [-0.39, 0.29) is 0 Å². The van der Waals surface area contributed by atoms with Gasteiger partial charge in [-0.2, -0.15) is 0 Å². The second-order valence-electron chi connectivity index (χ2n) is 2.29. The van der Waals surface area contributed by atoms with E-state index in [0.29, 0.717) is 0 Å². The Morgan fingerprint density at radius 3 is 2.78 bits per heavy atom. The lowest BCUT2D eigenvalue weighted by Gasteiger charge is -1.90. The molecule has 54 valence electrons. The molecule has 0 spiro atoms. The Labute approximate surface area is 66.2 Å². The van der Waals surface area contributed by atoms with Gasteiger partial charge < -0.3 is 0 Å². The molecule has 1 rings (SSSR count). The highest BCUT2D eigenvalue weighted by atomic mass is 32.2. The highest BCUT2D eigenvalue weighted by Crippen LogP contribution is 2.50. The van der Waals surface area contributed by atoms with Crippen molar-refractivity contribution < 1.29 is 0 Å². The summed E-state index contributed by atoms with van der Waals surface area (Å²) < 4.78 is 0.968. The molecule has 1 heterocycles. The third kappa shape index (κ3) is 2.42. The van der Waals surface area contributed by atoms with Gasteiger partial charge in [0.1, 0.15) is 0 Å². The van der Waals surface area contributed by atoms with Gasteiger partial charge in [0.2, 0.25) is 0 Å². The van der Waals surface area contributed by atoms with Gasteiger partial charge in [-0.1, -0.05) is 20.3 Å². The highest BCUT2D eigenvalue weighted by molar-refractivity contribution is 8.23. The van der Waals surface area contributed by atoms with Gasteiger partial charge in [0.25, 0.3) is 0 Å². The Bertz CT molecular complexity index is 73.0. The number of thioether (sulfide) groups is 2. The molecule has 0 aromatic heterocycles. The molecule has 1 aliphatic rings. The molecule has 9 heavy (non-hydrogen) atoms. The summed E-state index contributed by atoms with van der Waals surface area (Å²) in [5.41, 5.74) is 0. The van der Waals surface area contributed by atoms with Crippen LogP contribution in [-0.4, -0.2) is 15.6 Å². The summed E-state index contributed by atoms with van der Waals surface area (Å²) in [5.74, 6) is 1.29. The molecular formula is C7H14S2. The molecule has 0 amide bonds. The molecule has 0 aliphatic carbocycles. The van der Waals surface area contributed by atoms with Gasteiger partial charge in [-0.25, -0.2) is 0 Å². The van der Waals surface area contributed by atoms with Crippen LogP contribution in [0, 0.1) is 0 Å². The van der Waals surface area contributed by atoms with Gasteiger partial charge in [0.15, 0.2) is 0 Å². The fraction of sp³-hybridized carbons (Fsp3) is 1.00. The predicted octanol–water partition coefficient (Wildman–Crippen LogP) is 2.98. The van der Waals surface area contributed by atoms with Crippen molar-refractivity contribution in [1.82, 2.24) is 0 Å². The molecule has 1 aliphatic heterocycles. The maximum atomic E-state index is 2.27. The van der Waals surface area contributed by atoms with Crippen LogP contribution >= 0.6 is 23.5 Å². The van der Waals surface area contributed by atoms with Crippen molar-refractivity contribution in [1.29, 1.82) is 0 Å². The summed E-state index contributed by atoms with van der Waals surface area (Å²) in [6, 6.07) is 0. The van der Waals surface area contributed by atoms with Gasteiger partial charge in [-0.3, -0.25) is 0 Å². The van der Waals surface area contributed by atoms with E-state index in [4.69, 9.17) is 0 Å². The van der Waals surface area contributed by atoms with Crippen LogP contribution in [0.25, 0.3) is 0 Å². The van der Waals surface area contributed by atoms with E-state index in [9.17, 15) is 0 Å². The first-order valence-corrected chi connectivity index (χ1v) is 5.64. The van der Waals surface area contributed by atoms with E-state index in [1.165, 1.54) is 18.6 Å². The Kier molecular flexibility index (Phi) is 3.27. The number of hydrogen-bond acceptors (Lipinski definition) is 2. The topological polar surface area (TPSA) is 0 Å². The average molecular weight is 162 g/mol. The summed E-state index contributed by atoms with van der Waals surface area (Å²) in [7, 11) is 0. The average Bonchev–Trinajstić information content (AvgIpc) is 2.50. The molecule has 0 aromatic carbocycles. The molecule has 0 radical (unpaired) electrons. The molecule has 0 saturated carbocycles. The fourth-order valence-corrected chi connectivity index (χ4v) is 3.75. The molecule has 1 saturated heterocycles. The monoisotopic (exact) mass is 162 g/mol. The van der Waals surface area contributed by atoms with Crippen molar-refractivity contribution in [2.45, 2.75) is 36.5 Å². The highest BCUT2D eigenvalue weighted by Gasteiger charge is 2.36. The molecule has 0 N–H and O–H groups in total. The standard InChI is InChI=1S/C7H14S2/c1-3-5-6-7(9-6)8-4-2/h6-7H,3-5H2,1-2H3. The van der Waals surface area contributed by atoms with Crippen molar-refractivity contribution in [3.8, 4) is 0 Å². The van der Waals surface area contributed by atoms with Crippen LogP contribution < -0.4 is 0 Å². The van der Waals surface area contributed by atoms with Gasteiger partial charge in [0.05, 0.1) is 4.58 Å². The van der Waals surface area contributed by atoms with E-state index in [2.05, 4.69) is 37.4 Å². The molecule has 0 nitrogen and oxygen atoms in total. The lowest BCUT2D eigenvalue weighted by molar-refractivity contribution is 0.821. The van der Waals surface area contributed by atoms with Gasteiger partial charge >= 0.3 is 0 Å². The molecular weight excluding hydrogens is 148 g/mol. The summed E-state index contributed by atoms with van der Waals surface area (Å²) >= 11 is 4.26. The Morgan fingerprint density at radius 1 is 1.44 bits per heavy atom. The lowest BCUT2D eigenvalue weighted by atomic mass is 10.3. The zero-order chi connectivity index (χ0) is 6.69. The van der Waals surface area contributed by atoms with Crippen molar-refractivity contribution in [2.75, 3.05) is 5.75 Å². The number of rotatable bonds is 4. The molecule has 2 heteroatoms. The second-order valence-corrected chi connectivity index (χ2v) is 5.39. The summed E-state index contributed by atoms with van der Waals surface area (Å²) in [5, 5.41) is 1.01. The van der Waals surface area contributed by atoms with E-state index < -0.39 is 0 Å². The molecule has 2 atom stereocenters. The first kappa shape index (κ1) is 7.80. The minimum absolute atomic E-state index is 0.968. The van der Waals surface area contributed by atoms with E-state index >= 15 is 0 Å². The van der Waals surface area contributed by atoms with Gasteiger partial charge in [-0.15, -0.1) is 23.5 Å². The zero-order valence-electron chi connectivity index (χ0n) is 6.09. The largest absolute Gasteiger partial charge is 0.147 e. The first-order chi connectivity index (χ1) is 4.38. The molecule has 1 fully saturated rings. The van der Waals surface area contributed by atoms with Crippen LogP contribution in [0.1, 0.15) is 26.7 Å². The third-order valence-corrected chi connectivity index (χ3v) is 4.48. The van der Waals surface area contributed by atoms with Crippen LogP contribution in [-0.2, 0) is 0 Å². The quantitative estimate of drug-likeness (QED) is 0.583. The van der Waals surface area contributed by atoms with Crippen molar-refractivity contribution >= 4 is 23.5 Å². The summed E-state index contributed by atoms with van der Waals surface area (Å²) in [6.07, 6.45) is 2.79. The predicted molar refractivity (Wildman–Crippen MR) is 48.2 cm³/mol.